The van der Waals surface area contributed by atoms with Gasteiger partial charge < -0.3 is 35.7 Å². The van der Waals surface area contributed by atoms with E-state index in [2.05, 4.69) is 0 Å². The van der Waals surface area contributed by atoms with Gasteiger partial charge in [0.2, 0.25) is 0 Å². The van der Waals surface area contributed by atoms with Crippen LogP contribution in [0.15, 0.2) is 0 Å². The molecule has 0 aliphatic carbocycles. The van der Waals surface area contributed by atoms with E-state index in [-0.39, 0.29) is 6.42 Å². The predicted molar refractivity (Wildman–Crippen MR) is 56.1 cm³/mol. The van der Waals surface area contributed by atoms with Gasteiger partial charge >= 0.3 is 5.97 Å². The van der Waals surface area contributed by atoms with Gasteiger partial charge in [0, 0.05) is 6.42 Å². The lowest BCUT2D eigenvalue weighted by molar-refractivity contribution is -0.136. The summed E-state index contributed by atoms with van der Waals surface area (Å²) in [6, 6.07) is 0. The molecule has 0 spiro atoms. The van der Waals surface area contributed by atoms with Crippen LogP contribution in [0.2, 0.25) is 0 Å². The maximum absolute atomic E-state index is 9.37. The Morgan fingerprint density at radius 2 is 1.18 bits per heavy atom. The Hall–Kier alpha value is -0.770. The summed E-state index contributed by atoms with van der Waals surface area (Å²) in [5.74, 6) is -0.745. The topological polar surface area (TPSA) is 159 Å². The maximum atomic E-state index is 9.37. The Kier molecular flexibility index (Phi) is 11.4. The number of hydrogen-bond donors (Lipinski definition) is 7. The molecular formula is C9H20O8. The van der Waals surface area contributed by atoms with Gasteiger partial charge in [0.1, 0.15) is 24.4 Å². The van der Waals surface area contributed by atoms with Crippen molar-refractivity contribution < 1.29 is 40.5 Å². The molecule has 0 heterocycles. The standard InChI is InChI=1S/C6H14O6.C3H6O2/c7-1-3(9)5(11)6(12)4(10)2-8;1-2-3(4)5/h3-12H,1-2H2;2H2,1H3,(H,4,5)/t3-,4-,5-,6-;/m1./s1. The quantitative estimate of drug-likeness (QED) is 0.263. The Bertz CT molecular complexity index is 183. The van der Waals surface area contributed by atoms with E-state index in [0.29, 0.717) is 0 Å². The Balaban J connectivity index is 0. The van der Waals surface area contributed by atoms with Crippen LogP contribution in [0.25, 0.3) is 0 Å². The van der Waals surface area contributed by atoms with Crippen LogP contribution in [0, 0.1) is 0 Å². The summed E-state index contributed by atoms with van der Waals surface area (Å²) in [5, 5.41) is 59.9. The monoisotopic (exact) mass is 256 g/mol. The van der Waals surface area contributed by atoms with Gasteiger partial charge in [0.15, 0.2) is 0 Å². The fourth-order valence-electron chi connectivity index (χ4n) is 0.671. The molecule has 0 aromatic rings. The first-order valence-corrected chi connectivity index (χ1v) is 4.97. The first kappa shape index (κ1) is 18.6. The number of aliphatic hydroxyl groups is 6. The van der Waals surface area contributed by atoms with Crippen molar-refractivity contribution in [3.63, 3.8) is 0 Å². The molecule has 7 N–H and O–H groups in total. The van der Waals surface area contributed by atoms with Crippen LogP contribution in [0.3, 0.4) is 0 Å². The molecule has 0 amide bonds. The first-order chi connectivity index (χ1) is 7.81. The lowest BCUT2D eigenvalue weighted by atomic mass is 10.0. The van der Waals surface area contributed by atoms with Crippen molar-refractivity contribution in [1.82, 2.24) is 0 Å². The van der Waals surface area contributed by atoms with E-state index in [0.717, 1.165) is 0 Å². The highest BCUT2D eigenvalue weighted by atomic mass is 16.4. The average molecular weight is 256 g/mol. The highest BCUT2D eigenvalue weighted by Gasteiger charge is 2.29. The molecule has 0 aliphatic rings. The van der Waals surface area contributed by atoms with Crippen molar-refractivity contribution in [2.75, 3.05) is 13.2 Å². The van der Waals surface area contributed by atoms with E-state index >= 15 is 0 Å². The molecule has 0 unspecified atom stereocenters. The predicted octanol–water partition coefficient (Wildman–Crippen LogP) is -3.10. The van der Waals surface area contributed by atoms with Gasteiger partial charge in [-0.25, -0.2) is 0 Å². The molecule has 0 rings (SSSR count). The van der Waals surface area contributed by atoms with Gasteiger partial charge in [-0.1, -0.05) is 6.92 Å². The first-order valence-electron chi connectivity index (χ1n) is 4.97. The minimum atomic E-state index is -1.67. The molecule has 0 radical (unpaired) electrons. The number of carboxylic acid groups (broad SMARTS) is 1. The summed E-state index contributed by atoms with van der Waals surface area (Å²) in [4.78, 5) is 9.37. The smallest absolute Gasteiger partial charge is 0.303 e. The third-order valence-electron chi connectivity index (χ3n) is 1.81. The highest BCUT2D eigenvalue weighted by Crippen LogP contribution is 2.03. The van der Waals surface area contributed by atoms with E-state index in [1.807, 2.05) is 0 Å². The minimum absolute atomic E-state index is 0.222. The van der Waals surface area contributed by atoms with Crippen LogP contribution >= 0.6 is 0 Å². The van der Waals surface area contributed by atoms with E-state index in [1.165, 1.54) is 0 Å². The van der Waals surface area contributed by atoms with Crippen molar-refractivity contribution in [2.24, 2.45) is 0 Å². The molecule has 8 heteroatoms. The van der Waals surface area contributed by atoms with E-state index in [1.54, 1.807) is 6.92 Å². The molecular weight excluding hydrogens is 236 g/mol. The second-order valence-corrected chi connectivity index (χ2v) is 3.23. The van der Waals surface area contributed by atoms with Gasteiger partial charge in [-0.05, 0) is 0 Å². The summed E-state index contributed by atoms with van der Waals surface area (Å²) in [6.07, 6.45) is -6.17. The molecule has 17 heavy (non-hydrogen) atoms. The third kappa shape index (κ3) is 8.98. The molecule has 0 saturated heterocycles. The van der Waals surface area contributed by atoms with Crippen LogP contribution in [0.5, 0.6) is 0 Å². The average Bonchev–Trinajstić information content (AvgIpc) is 2.35. The van der Waals surface area contributed by atoms with Crippen LogP contribution < -0.4 is 0 Å². The fraction of sp³-hybridized carbons (Fsp3) is 0.889. The van der Waals surface area contributed by atoms with Gasteiger partial charge in [-0.15, -0.1) is 0 Å². The third-order valence-corrected chi connectivity index (χ3v) is 1.81. The number of aliphatic carboxylic acids is 1. The highest BCUT2D eigenvalue weighted by molar-refractivity contribution is 5.66. The molecule has 8 nitrogen and oxygen atoms in total. The van der Waals surface area contributed by atoms with E-state index in [9.17, 15) is 4.79 Å². The van der Waals surface area contributed by atoms with E-state index < -0.39 is 43.6 Å². The Labute approximate surface area is 98.4 Å². The van der Waals surface area contributed by atoms with Crippen LogP contribution in [0.4, 0.5) is 0 Å². The second kappa shape index (κ2) is 10.4. The number of rotatable bonds is 6. The maximum Gasteiger partial charge on any atom is 0.303 e. The van der Waals surface area contributed by atoms with Crippen molar-refractivity contribution in [3.8, 4) is 0 Å². The SMILES string of the molecule is CCC(=O)O.OC[C@@H](O)[C@@H](O)[C@H](O)[C@H](O)CO. The molecule has 0 fully saturated rings. The zero-order valence-corrected chi connectivity index (χ0v) is 9.47. The normalized spacial score (nSPS) is 17.4. The van der Waals surface area contributed by atoms with Gasteiger partial charge in [0.05, 0.1) is 13.2 Å². The molecule has 0 saturated carbocycles. The van der Waals surface area contributed by atoms with Gasteiger partial charge in [0.25, 0.3) is 0 Å². The summed E-state index contributed by atoms with van der Waals surface area (Å²) in [6.45, 7) is 0.148. The minimum Gasteiger partial charge on any atom is -0.481 e. The number of hydrogen-bond acceptors (Lipinski definition) is 7. The fourth-order valence-corrected chi connectivity index (χ4v) is 0.671. The number of aliphatic hydroxyl groups excluding tert-OH is 6. The molecule has 0 aliphatic heterocycles. The van der Waals surface area contributed by atoms with Crippen LogP contribution in [-0.2, 0) is 4.79 Å². The molecule has 0 aromatic heterocycles. The van der Waals surface area contributed by atoms with Crippen LogP contribution in [-0.4, -0.2) is 79.3 Å². The Morgan fingerprint density at radius 1 is 0.941 bits per heavy atom. The van der Waals surface area contributed by atoms with Gasteiger partial charge in [-0.3, -0.25) is 4.79 Å². The summed E-state index contributed by atoms with van der Waals surface area (Å²) < 4.78 is 0. The second-order valence-electron chi connectivity index (χ2n) is 3.23. The molecule has 0 bridgehead atoms. The van der Waals surface area contributed by atoms with Crippen molar-refractivity contribution in [1.29, 1.82) is 0 Å². The molecule has 104 valence electrons. The largest absolute Gasteiger partial charge is 0.481 e. The van der Waals surface area contributed by atoms with Crippen molar-refractivity contribution >= 4 is 5.97 Å². The van der Waals surface area contributed by atoms with Gasteiger partial charge in [-0.2, -0.15) is 0 Å². The summed E-state index contributed by atoms with van der Waals surface area (Å²) in [5.41, 5.74) is 0. The van der Waals surface area contributed by atoms with Crippen molar-refractivity contribution in [2.45, 2.75) is 37.8 Å². The van der Waals surface area contributed by atoms with Crippen molar-refractivity contribution in [3.05, 3.63) is 0 Å². The molecule has 0 aromatic carbocycles. The van der Waals surface area contributed by atoms with Crippen LogP contribution in [0.1, 0.15) is 13.3 Å². The zero-order chi connectivity index (χ0) is 14.0. The lowest BCUT2D eigenvalue weighted by Crippen LogP contribution is -2.46. The lowest BCUT2D eigenvalue weighted by Gasteiger charge is -2.24. The van der Waals surface area contributed by atoms with E-state index in [4.69, 9.17) is 35.7 Å². The number of carbonyl (C=O) groups is 1. The summed E-state index contributed by atoms with van der Waals surface area (Å²) in [7, 11) is 0. The molecule has 4 atom stereocenters. The Morgan fingerprint density at radius 3 is 1.29 bits per heavy atom. The number of carboxylic acids is 1. The summed E-state index contributed by atoms with van der Waals surface area (Å²) >= 11 is 0. The zero-order valence-electron chi connectivity index (χ0n) is 9.47.